The molecule has 1 amide bonds. The molecular weight excluding hydrogens is 421 g/mol. The molecule has 2 aromatic carbocycles. The number of aromatic nitrogens is 1. The smallest absolute Gasteiger partial charge is 0.248 e. The Balaban J connectivity index is 1.53. The number of aryl methyl sites for hydroxylation is 1. The van der Waals surface area contributed by atoms with Gasteiger partial charge < -0.3 is 10.3 Å². The first-order valence-electron chi connectivity index (χ1n) is 9.94. The Bertz CT molecular complexity index is 1320. The van der Waals surface area contributed by atoms with E-state index in [1.807, 2.05) is 0 Å². The number of benzene rings is 2. The maximum absolute atomic E-state index is 13.8. The van der Waals surface area contributed by atoms with Crippen LogP contribution in [0.4, 0.5) is 10.1 Å². The van der Waals surface area contributed by atoms with E-state index in [1.165, 1.54) is 28.6 Å². The van der Waals surface area contributed by atoms with Crippen LogP contribution in [0.1, 0.15) is 18.4 Å². The minimum absolute atomic E-state index is 0.0478. The van der Waals surface area contributed by atoms with Gasteiger partial charge in [-0.2, -0.15) is 4.31 Å². The zero-order chi connectivity index (χ0) is 22.2. The average Bonchev–Trinajstić information content (AvgIpc) is 2.76. The van der Waals surface area contributed by atoms with Crippen molar-refractivity contribution in [3.8, 4) is 0 Å². The molecule has 3 aromatic rings. The zero-order valence-electron chi connectivity index (χ0n) is 16.9. The topological polar surface area (TPSA) is 99.3 Å². The molecule has 1 aliphatic heterocycles. The minimum atomic E-state index is -3.81. The van der Waals surface area contributed by atoms with E-state index in [2.05, 4.69) is 10.3 Å². The number of aromatic amines is 1. The molecule has 9 heteroatoms. The molecule has 2 N–H and O–H groups in total. The van der Waals surface area contributed by atoms with Crippen molar-refractivity contribution in [1.29, 1.82) is 0 Å². The van der Waals surface area contributed by atoms with Crippen molar-refractivity contribution in [2.75, 3.05) is 18.4 Å². The molecule has 1 aliphatic rings. The van der Waals surface area contributed by atoms with E-state index in [-0.39, 0.29) is 22.9 Å². The first-order valence-corrected chi connectivity index (χ1v) is 11.4. The van der Waals surface area contributed by atoms with Crippen LogP contribution in [0.25, 0.3) is 10.9 Å². The second-order valence-corrected chi connectivity index (χ2v) is 9.66. The Hall–Kier alpha value is -3.04. The quantitative estimate of drug-likeness (QED) is 0.648. The monoisotopic (exact) mass is 443 g/mol. The molecule has 1 saturated heterocycles. The van der Waals surface area contributed by atoms with Gasteiger partial charge in [-0.15, -0.1) is 0 Å². The molecule has 0 spiro atoms. The summed E-state index contributed by atoms with van der Waals surface area (Å²) in [4.78, 5) is 26.9. The molecule has 0 unspecified atom stereocenters. The van der Waals surface area contributed by atoms with Gasteiger partial charge in [0.05, 0.1) is 10.8 Å². The fourth-order valence-electron chi connectivity index (χ4n) is 3.73. The number of halogens is 1. The molecule has 4 rings (SSSR count). The highest BCUT2D eigenvalue weighted by atomic mass is 32.2. The summed E-state index contributed by atoms with van der Waals surface area (Å²) in [6.07, 6.45) is 1.09. The standard InChI is InChI=1S/C22H22FN3O4S/c1-14-4-6-17(12-19(14)23)24-22(28)16-3-2-10-26(13-16)31(29,30)18-7-8-20-15(11-18)5-9-21(27)25-20/h4-9,11-12,16H,2-3,10,13H2,1H3,(H,24,28)(H,25,27)/t16-/m1/s1. The number of carbonyl (C=O) groups excluding carboxylic acids is 1. The predicted molar refractivity (Wildman–Crippen MR) is 116 cm³/mol. The molecule has 0 bridgehead atoms. The van der Waals surface area contributed by atoms with Crippen molar-refractivity contribution in [3.63, 3.8) is 0 Å². The molecular formula is C22H22FN3O4S. The lowest BCUT2D eigenvalue weighted by atomic mass is 9.98. The van der Waals surface area contributed by atoms with E-state index in [4.69, 9.17) is 0 Å². The molecule has 1 aromatic heterocycles. The first-order chi connectivity index (χ1) is 14.7. The largest absolute Gasteiger partial charge is 0.326 e. The minimum Gasteiger partial charge on any atom is -0.326 e. The highest BCUT2D eigenvalue weighted by molar-refractivity contribution is 7.89. The van der Waals surface area contributed by atoms with Crippen LogP contribution >= 0.6 is 0 Å². The van der Waals surface area contributed by atoms with E-state index < -0.39 is 21.8 Å². The number of amides is 1. The van der Waals surface area contributed by atoms with Gasteiger partial charge in [-0.3, -0.25) is 9.59 Å². The van der Waals surface area contributed by atoms with Crippen molar-refractivity contribution in [2.24, 2.45) is 5.92 Å². The average molecular weight is 444 g/mol. The molecule has 0 radical (unpaired) electrons. The highest BCUT2D eigenvalue weighted by Gasteiger charge is 2.33. The Morgan fingerprint density at radius 1 is 1.16 bits per heavy atom. The summed E-state index contributed by atoms with van der Waals surface area (Å²) in [5.74, 6) is -1.28. The first kappa shape index (κ1) is 21.2. The highest BCUT2D eigenvalue weighted by Crippen LogP contribution is 2.26. The Kier molecular flexibility index (Phi) is 5.63. The lowest BCUT2D eigenvalue weighted by Gasteiger charge is -2.31. The number of nitrogens with zero attached hydrogens (tertiary/aromatic N) is 1. The van der Waals surface area contributed by atoms with Crippen LogP contribution in [0.15, 0.2) is 58.2 Å². The third-order valence-corrected chi connectivity index (χ3v) is 7.39. The molecule has 7 nitrogen and oxygen atoms in total. The van der Waals surface area contributed by atoms with Gasteiger partial charge >= 0.3 is 0 Å². The lowest BCUT2D eigenvalue weighted by Crippen LogP contribution is -2.43. The molecule has 31 heavy (non-hydrogen) atoms. The van der Waals surface area contributed by atoms with Gasteiger partial charge in [-0.25, -0.2) is 12.8 Å². The summed E-state index contributed by atoms with van der Waals surface area (Å²) in [6.45, 7) is 2.00. The van der Waals surface area contributed by atoms with E-state index in [9.17, 15) is 22.4 Å². The van der Waals surface area contributed by atoms with E-state index in [0.29, 0.717) is 41.5 Å². The SMILES string of the molecule is Cc1ccc(NC(=O)[C@@H]2CCCN(S(=O)(=O)c3ccc4[nH]c(=O)ccc4c3)C2)cc1F. The summed E-state index contributed by atoms with van der Waals surface area (Å²) in [6, 6.07) is 11.9. The maximum Gasteiger partial charge on any atom is 0.248 e. The number of fused-ring (bicyclic) bond motifs is 1. The van der Waals surface area contributed by atoms with Crippen LogP contribution in [-0.4, -0.2) is 36.7 Å². The van der Waals surface area contributed by atoms with Gasteiger partial charge in [-0.1, -0.05) is 6.07 Å². The molecule has 0 saturated carbocycles. The normalized spacial score (nSPS) is 17.5. The molecule has 2 heterocycles. The third kappa shape index (κ3) is 4.38. The number of hydrogen-bond acceptors (Lipinski definition) is 4. The Morgan fingerprint density at radius 3 is 2.74 bits per heavy atom. The number of hydrogen-bond donors (Lipinski definition) is 2. The van der Waals surface area contributed by atoms with Crippen molar-refractivity contribution < 1.29 is 17.6 Å². The molecule has 0 aliphatic carbocycles. The van der Waals surface area contributed by atoms with Crippen LogP contribution in [0.2, 0.25) is 0 Å². The van der Waals surface area contributed by atoms with Crippen molar-refractivity contribution in [1.82, 2.24) is 9.29 Å². The lowest BCUT2D eigenvalue weighted by molar-refractivity contribution is -0.120. The summed E-state index contributed by atoms with van der Waals surface area (Å²) in [5, 5.41) is 3.29. The van der Waals surface area contributed by atoms with Crippen molar-refractivity contribution in [2.45, 2.75) is 24.7 Å². The summed E-state index contributed by atoms with van der Waals surface area (Å²) in [7, 11) is -3.81. The second-order valence-electron chi connectivity index (χ2n) is 7.73. The number of sulfonamides is 1. The van der Waals surface area contributed by atoms with Gasteiger partial charge in [-0.05, 0) is 67.1 Å². The molecule has 162 valence electrons. The van der Waals surface area contributed by atoms with Crippen LogP contribution in [0, 0.1) is 18.7 Å². The molecule has 1 atom stereocenters. The van der Waals surface area contributed by atoms with Gasteiger partial charge in [0.1, 0.15) is 5.82 Å². The third-order valence-electron chi connectivity index (χ3n) is 5.53. The van der Waals surface area contributed by atoms with E-state index >= 15 is 0 Å². The van der Waals surface area contributed by atoms with Crippen LogP contribution < -0.4 is 10.9 Å². The number of carbonyl (C=O) groups is 1. The Morgan fingerprint density at radius 2 is 1.97 bits per heavy atom. The Labute approximate surface area is 178 Å². The number of rotatable bonds is 4. The maximum atomic E-state index is 13.8. The van der Waals surface area contributed by atoms with E-state index in [1.54, 1.807) is 31.2 Å². The second kappa shape index (κ2) is 8.24. The van der Waals surface area contributed by atoms with Crippen molar-refractivity contribution in [3.05, 3.63) is 70.3 Å². The van der Waals surface area contributed by atoms with Crippen LogP contribution in [0.5, 0.6) is 0 Å². The predicted octanol–water partition coefficient (Wildman–Crippen LogP) is 3.02. The van der Waals surface area contributed by atoms with Crippen molar-refractivity contribution >= 4 is 32.5 Å². The number of H-pyrrole nitrogens is 1. The summed E-state index contributed by atoms with van der Waals surface area (Å²) >= 11 is 0. The fraction of sp³-hybridized carbons (Fsp3) is 0.273. The number of pyridine rings is 1. The van der Waals surface area contributed by atoms with Gasteiger partial charge in [0.15, 0.2) is 0 Å². The summed E-state index contributed by atoms with van der Waals surface area (Å²) in [5.41, 5.74) is 1.11. The van der Waals surface area contributed by atoms with Crippen LogP contribution in [0.3, 0.4) is 0 Å². The van der Waals surface area contributed by atoms with Gasteiger partial charge in [0.25, 0.3) is 0 Å². The van der Waals surface area contributed by atoms with Gasteiger partial charge in [0.2, 0.25) is 21.5 Å². The zero-order valence-corrected chi connectivity index (χ0v) is 17.7. The number of piperidine rings is 1. The fourth-order valence-corrected chi connectivity index (χ4v) is 5.29. The number of nitrogens with one attached hydrogen (secondary N) is 2. The van der Waals surface area contributed by atoms with E-state index in [0.717, 1.165) is 0 Å². The van der Waals surface area contributed by atoms with Crippen LogP contribution in [-0.2, 0) is 14.8 Å². The molecule has 1 fully saturated rings. The summed E-state index contributed by atoms with van der Waals surface area (Å²) < 4.78 is 41.4. The van der Waals surface area contributed by atoms with Gasteiger partial charge in [0, 0.05) is 30.4 Å². The number of anilines is 1.